The number of hydrogen-bond acceptors (Lipinski definition) is 4. The molecule has 1 atom stereocenters. The number of hydrogen-bond donors (Lipinski definition) is 0. The second-order valence-electron chi connectivity index (χ2n) is 6.97. The molecule has 1 amide bonds. The Hall–Kier alpha value is -1.46. The Bertz CT molecular complexity index is 509. The first kappa shape index (κ1) is 17.4. The standard InChI is InChI=1S/C19H29N3O2/c1-16(21-12-14-24-15-13-21)2-3-19(23)22-10-6-18(7-11-22)17-4-8-20-9-5-17/h4-5,8-9,16,18H,2-3,6-7,10-15H2,1H3. The van der Waals surface area contributed by atoms with E-state index in [4.69, 9.17) is 4.74 Å². The summed E-state index contributed by atoms with van der Waals surface area (Å²) in [5, 5.41) is 0. The summed E-state index contributed by atoms with van der Waals surface area (Å²) in [5.41, 5.74) is 1.36. The maximum Gasteiger partial charge on any atom is 0.222 e. The van der Waals surface area contributed by atoms with Gasteiger partial charge in [-0.1, -0.05) is 0 Å². The number of likely N-dealkylation sites (tertiary alicyclic amines) is 1. The van der Waals surface area contributed by atoms with Crippen LogP contribution in [0.5, 0.6) is 0 Å². The van der Waals surface area contributed by atoms with Gasteiger partial charge in [0.2, 0.25) is 5.91 Å². The van der Waals surface area contributed by atoms with Crippen LogP contribution < -0.4 is 0 Å². The molecule has 0 saturated carbocycles. The Kier molecular flexibility index (Phi) is 6.21. The maximum atomic E-state index is 12.5. The fourth-order valence-corrected chi connectivity index (χ4v) is 3.79. The van der Waals surface area contributed by atoms with Crippen molar-refractivity contribution in [1.29, 1.82) is 0 Å². The van der Waals surface area contributed by atoms with Crippen LogP contribution in [0.15, 0.2) is 24.5 Å². The molecule has 3 rings (SSSR count). The largest absolute Gasteiger partial charge is 0.379 e. The number of pyridine rings is 1. The van der Waals surface area contributed by atoms with E-state index in [0.717, 1.165) is 58.7 Å². The summed E-state index contributed by atoms with van der Waals surface area (Å²) in [7, 11) is 0. The Morgan fingerprint density at radius 1 is 1.21 bits per heavy atom. The molecular formula is C19H29N3O2. The number of nitrogens with zero attached hydrogens (tertiary/aromatic N) is 3. The highest BCUT2D eigenvalue weighted by molar-refractivity contribution is 5.76. The molecule has 3 heterocycles. The van der Waals surface area contributed by atoms with Crippen molar-refractivity contribution in [2.24, 2.45) is 0 Å². The van der Waals surface area contributed by atoms with Crippen LogP contribution in [0, 0.1) is 0 Å². The minimum atomic E-state index is 0.322. The monoisotopic (exact) mass is 331 g/mol. The van der Waals surface area contributed by atoms with Gasteiger partial charge in [0.15, 0.2) is 0 Å². The Morgan fingerprint density at radius 2 is 1.88 bits per heavy atom. The van der Waals surface area contributed by atoms with Crippen molar-refractivity contribution in [3.05, 3.63) is 30.1 Å². The van der Waals surface area contributed by atoms with Crippen molar-refractivity contribution in [1.82, 2.24) is 14.8 Å². The number of rotatable bonds is 5. The summed E-state index contributed by atoms with van der Waals surface area (Å²) in [6.45, 7) is 7.63. The summed E-state index contributed by atoms with van der Waals surface area (Å²) in [4.78, 5) is 21.1. The van der Waals surface area contributed by atoms with Gasteiger partial charge in [-0.25, -0.2) is 0 Å². The lowest BCUT2D eigenvalue weighted by atomic mass is 9.90. The molecule has 1 aromatic rings. The van der Waals surface area contributed by atoms with E-state index in [9.17, 15) is 4.79 Å². The molecule has 2 aliphatic heterocycles. The smallest absolute Gasteiger partial charge is 0.222 e. The van der Waals surface area contributed by atoms with Crippen LogP contribution >= 0.6 is 0 Å². The predicted octanol–water partition coefficient (Wildman–Crippen LogP) is 2.29. The van der Waals surface area contributed by atoms with Crippen molar-refractivity contribution in [3.8, 4) is 0 Å². The number of amides is 1. The quantitative estimate of drug-likeness (QED) is 0.830. The third kappa shape index (κ3) is 4.54. The van der Waals surface area contributed by atoms with E-state index in [1.54, 1.807) is 0 Å². The van der Waals surface area contributed by atoms with Crippen LogP contribution in [0.4, 0.5) is 0 Å². The molecule has 132 valence electrons. The van der Waals surface area contributed by atoms with Crippen LogP contribution in [0.3, 0.4) is 0 Å². The van der Waals surface area contributed by atoms with Crippen LogP contribution in [0.25, 0.3) is 0 Å². The first-order valence-corrected chi connectivity index (χ1v) is 9.23. The van der Waals surface area contributed by atoms with E-state index in [-0.39, 0.29) is 0 Å². The van der Waals surface area contributed by atoms with E-state index in [2.05, 4.69) is 33.8 Å². The number of piperidine rings is 1. The van der Waals surface area contributed by atoms with Crippen molar-refractivity contribution < 1.29 is 9.53 Å². The third-order valence-electron chi connectivity index (χ3n) is 5.47. The molecule has 0 spiro atoms. The average molecular weight is 331 g/mol. The fraction of sp³-hybridized carbons (Fsp3) is 0.684. The zero-order chi connectivity index (χ0) is 16.8. The highest BCUT2D eigenvalue weighted by Crippen LogP contribution is 2.27. The van der Waals surface area contributed by atoms with Crippen molar-refractivity contribution in [2.75, 3.05) is 39.4 Å². The average Bonchev–Trinajstić information content (AvgIpc) is 2.67. The van der Waals surface area contributed by atoms with Gasteiger partial charge in [-0.15, -0.1) is 0 Å². The van der Waals surface area contributed by atoms with Gasteiger partial charge in [0.05, 0.1) is 13.2 Å². The minimum absolute atomic E-state index is 0.322. The van der Waals surface area contributed by atoms with Crippen molar-refractivity contribution >= 4 is 5.91 Å². The lowest BCUT2D eigenvalue weighted by Gasteiger charge is -2.34. The van der Waals surface area contributed by atoms with Gasteiger partial charge in [0.1, 0.15) is 0 Å². The molecule has 0 aliphatic carbocycles. The number of carbonyl (C=O) groups excluding carboxylic acids is 1. The second kappa shape index (κ2) is 8.58. The minimum Gasteiger partial charge on any atom is -0.379 e. The molecule has 5 heteroatoms. The number of carbonyl (C=O) groups is 1. The summed E-state index contributed by atoms with van der Waals surface area (Å²) in [5.74, 6) is 0.896. The third-order valence-corrected chi connectivity index (χ3v) is 5.47. The lowest BCUT2D eigenvalue weighted by molar-refractivity contribution is -0.132. The van der Waals surface area contributed by atoms with E-state index in [1.165, 1.54) is 5.56 Å². The summed E-state index contributed by atoms with van der Waals surface area (Å²) >= 11 is 0. The van der Waals surface area contributed by atoms with Gasteiger partial charge in [-0.3, -0.25) is 14.7 Å². The van der Waals surface area contributed by atoms with Crippen LogP contribution in [-0.2, 0) is 9.53 Å². The van der Waals surface area contributed by atoms with E-state index < -0.39 is 0 Å². The molecule has 0 aromatic carbocycles. The normalized spacial score (nSPS) is 21.6. The molecule has 5 nitrogen and oxygen atoms in total. The van der Waals surface area contributed by atoms with Gasteiger partial charge < -0.3 is 9.64 Å². The van der Waals surface area contributed by atoms with Crippen molar-refractivity contribution in [2.45, 2.75) is 44.6 Å². The molecule has 1 aromatic heterocycles. The number of ether oxygens (including phenoxy) is 1. The molecule has 0 radical (unpaired) electrons. The van der Waals surface area contributed by atoms with Crippen LogP contribution in [0.1, 0.15) is 44.1 Å². The Morgan fingerprint density at radius 3 is 2.54 bits per heavy atom. The first-order valence-electron chi connectivity index (χ1n) is 9.23. The SMILES string of the molecule is CC(CCC(=O)N1CCC(c2ccncc2)CC1)N1CCOCC1. The van der Waals surface area contributed by atoms with Gasteiger partial charge >= 0.3 is 0 Å². The summed E-state index contributed by atoms with van der Waals surface area (Å²) in [6.07, 6.45) is 7.46. The second-order valence-corrected chi connectivity index (χ2v) is 6.97. The predicted molar refractivity (Wildman–Crippen MR) is 93.9 cm³/mol. The van der Waals surface area contributed by atoms with E-state index >= 15 is 0 Å². The molecule has 2 fully saturated rings. The maximum absolute atomic E-state index is 12.5. The molecule has 2 saturated heterocycles. The first-order chi connectivity index (χ1) is 11.7. The van der Waals surface area contributed by atoms with Crippen molar-refractivity contribution in [3.63, 3.8) is 0 Å². The fourth-order valence-electron chi connectivity index (χ4n) is 3.79. The number of morpholine rings is 1. The molecule has 1 unspecified atom stereocenters. The van der Waals surface area contributed by atoms with Crippen LogP contribution in [-0.4, -0.2) is 66.1 Å². The molecule has 0 bridgehead atoms. The zero-order valence-corrected chi connectivity index (χ0v) is 14.7. The highest BCUT2D eigenvalue weighted by atomic mass is 16.5. The summed E-state index contributed by atoms with van der Waals surface area (Å²) < 4.78 is 5.40. The summed E-state index contributed by atoms with van der Waals surface area (Å²) in [6, 6.07) is 4.67. The van der Waals surface area contributed by atoms with Gasteiger partial charge in [0.25, 0.3) is 0 Å². The number of aromatic nitrogens is 1. The zero-order valence-electron chi connectivity index (χ0n) is 14.7. The van der Waals surface area contributed by atoms with Gasteiger partial charge in [-0.05, 0) is 49.8 Å². The molecule has 24 heavy (non-hydrogen) atoms. The highest BCUT2D eigenvalue weighted by Gasteiger charge is 2.24. The Labute approximate surface area is 145 Å². The molecule has 2 aliphatic rings. The van der Waals surface area contributed by atoms with Gasteiger partial charge in [-0.2, -0.15) is 0 Å². The topological polar surface area (TPSA) is 45.7 Å². The molecule has 0 N–H and O–H groups in total. The van der Waals surface area contributed by atoms with Crippen LogP contribution in [0.2, 0.25) is 0 Å². The molecular weight excluding hydrogens is 302 g/mol. The Balaban J connectivity index is 1.40. The van der Waals surface area contributed by atoms with E-state index in [1.807, 2.05) is 12.4 Å². The van der Waals surface area contributed by atoms with E-state index in [0.29, 0.717) is 24.3 Å². The van der Waals surface area contributed by atoms with Gasteiger partial charge in [0, 0.05) is 51.0 Å². The lowest BCUT2D eigenvalue weighted by Crippen LogP contribution is -2.43.